The van der Waals surface area contributed by atoms with E-state index in [9.17, 15) is 14.3 Å². The van der Waals surface area contributed by atoms with E-state index >= 15 is 0 Å². The number of unbranched alkanes of at least 4 members (excludes halogenated alkanes) is 3. The molecule has 3 atom stereocenters. The van der Waals surface area contributed by atoms with Gasteiger partial charge in [0.15, 0.2) is 0 Å². The summed E-state index contributed by atoms with van der Waals surface area (Å²) in [6.07, 6.45) is 8.83. The number of alkyl halides is 1. The summed E-state index contributed by atoms with van der Waals surface area (Å²) in [5.41, 5.74) is 1.66. The molecule has 1 aromatic rings. The van der Waals surface area contributed by atoms with Crippen LogP contribution in [-0.2, 0) is 37.5 Å². The Morgan fingerprint density at radius 1 is 1.11 bits per heavy atom. The van der Waals surface area contributed by atoms with Crippen LogP contribution in [0.15, 0.2) is 24.3 Å². The van der Waals surface area contributed by atoms with E-state index in [1.807, 2.05) is 24.3 Å². The van der Waals surface area contributed by atoms with Gasteiger partial charge in [0, 0.05) is 38.4 Å². The van der Waals surface area contributed by atoms with Crippen molar-refractivity contribution < 1.29 is 47.0 Å². The smallest absolute Gasteiger partial charge is 0.230 e. The van der Waals surface area contributed by atoms with Crippen LogP contribution in [0.25, 0.3) is 0 Å². The second-order valence-corrected chi connectivity index (χ2v) is 8.19. The zero-order valence-corrected chi connectivity index (χ0v) is 19.7. The summed E-state index contributed by atoms with van der Waals surface area (Å²) in [6, 6.07) is 7.21. The predicted molar refractivity (Wildman–Crippen MR) is 107 cm³/mol. The van der Waals surface area contributed by atoms with Crippen molar-refractivity contribution in [3.05, 3.63) is 36.8 Å². The van der Waals surface area contributed by atoms with Gasteiger partial charge < -0.3 is 16.9 Å². The standard InChI is InChI=1S/C23H33FNO2.Y/c1-2-3-4-8-11-21-20(24)16-22(26)25(21)19-14-12-18(13-15-19)23(27)17-9-6-5-7-10-17;/h12-15,17,20-21,23,27H,1-11,16H2;/q-1;. The van der Waals surface area contributed by atoms with Gasteiger partial charge in [-0.25, -0.2) is 4.39 Å². The molecule has 0 aromatic heterocycles. The minimum absolute atomic E-state index is 0. The van der Waals surface area contributed by atoms with Crippen LogP contribution in [0.4, 0.5) is 10.1 Å². The van der Waals surface area contributed by atoms with Gasteiger partial charge in [-0.1, -0.05) is 50.7 Å². The van der Waals surface area contributed by atoms with Crippen LogP contribution in [0, 0.1) is 12.8 Å². The number of halogens is 1. The van der Waals surface area contributed by atoms with Crippen LogP contribution >= 0.6 is 0 Å². The van der Waals surface area contributed by atoms with Crippen molar-refractivity contribution in [2.75, 3.05) is 4.90 Å². The first kappa shape index (κ1) is 24.0. The van der Waals surface area contributed by atoms with Gasteiger partial charge in [-0.2, -0.15) is 6.42 Å². The van der Waals surface area contributed by atoms with E-state index in [4.69, 9.17) is 0 Å². The molecule has 1 radical (unpaired) electrons. The Morgan fingerprint density at radius 2 is 1.79 bits per heavy atom. The fraction of sp³-hybridized carbons (Fsp3) is 0.652. The number of nitrogens with zero attached hydrogens (tertiary/aromatic N) is 1. The summed E-state index contributed by atoms with van der Waals surface area (Å²) >= 11 is 0. The van der Waals surface area contributed by atoms with Crippen LogP contribution < -0.4 is 4.90 Å². The summed E-state index contributed by atoms with van der Waals surface area (Å²) in [4.78, 5) is 14.0. The van der Waals surface area contributed by atoms with Crippen molar-refractivity contribution >= 4 is 11.6 Å². The number of hydrogen-bond donors (Lipinski definition) is 1. The minimum Gasteiger partial charge on any atom is -0.388 e. The van der Waals surface area contributed by atoms with Crippen LogP contribution in [-0.4, -0.2) is 23.2 Å². The molecule has 1 heterocycles. The van der Waals surface area contributed by atoms with Crippen LogP contribution in [0.3, 0.4) is 0 Å². The molecule has 0 spiro atoms. The SMILES string of the molecule is [CH2-]CCCCCC1C(F)CC(=O)N1c1ccc(C(O)C2CCCCC2)cc1.[Y]. The summed E-state index contributed by atoms with van der Waals surface area (Å²) in [6.45, 7) is 3.84. The maximum absolute atomic E-state index is 14.4. The third-order valence-electron chi connectivity index (χ3n) is 6.25. The number of carbonyl (C=O) groups excluding carboxylic acids is 1. The number of aliphatic hydroxyl groups excluding tert-OH is 1. The predicted octanol–water partition coefficient (Wildman–Crippen LogP) is 5.53. The number of carbonyl (C=O) groups is 1. The van der Waals surface area contributed by atoms with Crippen molar-refractivity contribution in [2.24, 2.45) is 5.92 Å². The van der Waals surface area contributed by atoms with Crippen LogP contribution in [0.1, 0.15) is 82.3 Å². The molecule has 2 fully saturated rings. The Bertz CT molecular complexity index is 603. The molecular weight excluding hydrogens is 430 g/mol. The van der Waals surface area contributed by atoms with Crippen molar-refractivity contribution in [3.8, 4) is 0 Å². The quantitative estimate of drug-likeness (QED) is 0.407. The molecular formula is C23H33FNO2Y-. The Kier molecular flexibility index (Phi) is 10.1. The summed E-state index contributed by atoms with van der Waals surface area (Å²) in [5, 5.41) is 10.7. The first-order valence-corrected chi connectivity index (χ1v) is 10.6. The Hall–Kier alpha value is -0.316. The van der Waals surface area contributed by atoms with E-state index in [1.165, 1.54) is 19.3 Å². The summed E-state index contributed by atoms with van der Waals surface area (Å²) < 4.78 is 14.4. The average Bonchev–Trinajstić information content (AvgIpc) is 2.98. The van der Waals surface area contributed by atoms with Gasteiger partial charge in [0.25, 0.3) is 0 Å². The van der Waals surface area contributed by atoms with E-state index in [-0.39, 0.29) is 51.1 Å². The van der Waals surface area contributed by atoms with E-state index < -0.39 is 12.3 Å². The zero-order chi connectivity index (χ0) is 19.2. The molecule has 1 N–H and O–H groups in total. The van der Waals surface area contributed by atoms with Gasteiger partial charge in [-0.05, 0) is 42.9 Å². The third kappa shape index (κ3) is 5.86. The minimum atomic E-state index is -1.09. The molecule has 5 heteroatoms. The number of aliphatic hydroxyl groups is 1. The van der Waals surface area contributed by atoms with E-state index in [0.717, 1.165) is 49.8 Å². The first-order chi connectivity index (χ1) is 13.1. The van der Waals surface area contributed by atoms with E-state index in [2.05, 4.69) is 6.92 Å². The molecule has 3 unspecified atom stereocenters. The number of hydrogen-bond acceptors (Lipinski definition) is 2. The molecule has 1 aliphatic carbocycles. The van der Waals surface area contributed by atoms with Crippen LogP contribution in [0.5, 0.6) is 0 Å². The van der Waals surface area contributed by atoms with Gasteiger partial charge >= 0.3 is 0 Å². The Labute approximate surface area is 194 Å². The van der Waals surface area contributed by atoms with Gasteiger partial charge in [-0.15, -0.1) is 0 Å². The van der Waals surface area contributed by atoms with Gasteiger partial charge in [0.05, 0.1) is 18.6 Å². The van der Waals surface area contributed by atoms with Crippen LogP contribution in [0.2, 0.25) is 0 Å². The second kappa shape index (κ2) is 11.8. The molecule has 1 aliphatic heterocycles. The fourth-order valence-corrected chi connectivity index (χ4v) is 4.65. The molecule has 3 rings (SSSR count). The van der Waals surface area contributed by atoms with Crippen molar-refractivity contribution in [1.29, 1.82) is 0 Å². The Morgan fingerprint density at radius 3 is 2.43 bits per heavy atom. The zero-order valence-electron chi connectivity index (χ0n) is 16.9. The van der Waals surface area contributed by atoms with Crippen molar-refractivity contribution in [2.45, 2.75) is 88.9 Å². The molecule has 1 amide bonds. The average molecular weight is 463 g/mol. The number of amides is 1. The summed E-state index contributed by atoms with van der Waals surface area (Å²) in [5.74, 6) is 0.194. The fourth-order valence-electron chi connectivity index (χ4n) is 4.65. The Balaban J connectivity index is 0.00000280. The summed E-state index contributed by atoms with van der Waals surface area (Å²) in [7, 11) is 0. The maximum Gasteiger partial charge on any atom is 0.230 e. The van der Waals surface area contributed by atoms with Gasteiger partial charge in [0.2, 0.25) is 5.91 Å². The number of benzene rings is 1. The molecule has 3 nitrogen and oxygen atoms in total. The van der Waals surface area contributed by atoms with Crippen molar-refractivity contribution in [3.63, 3.8) is 0 Å². The molecule has 28 heavy (non-hydrogen) atoms. The molecule has 1 saturated heterocycles. The first-order valence-electron chi connectivity index (χ1n) is 10.6. The molecule has 153 valence electrons. The maximum atomic E-state index is 14.4. The topological polar surface area (TPSA) is 40.5 Å². The third-order valence-corrected chi connectivity index (χ3v) is 6.25. The molecule has 2 aliphatic rings. The van der Waals surface area contributed by atoms with Gasteiger partial charge in [-0.3, -0.25) is 4.79 Å². The normalized spacial score (nSPS) is 24.2. The number of anilines is 1. The molecule has 0 bridgehead atoms. The molecule has 1 aromatic carbocycles. The monoisotopic (exact) mass is 463 g/mol. The second-order valence-electron chi connectivity index (χ2n) is 8.19. The molecule has 1 saturated carbocycles. The number of rotatable bonds is 8. The van der Waals surface area contributed by atoms with Gasteiger partial charge in [0.1, 0.15) is 6.17 Å². The largest absolute Gasteiger partial charge is 0.388 e. The van der Waals surface area contributed by atoms with E-state index in [0.29, 0.717) is 12.3 Å². The van der Waals surface area contributed by atoms with Crippen molar-refractivity contribution in [1.82, 2.24) is 0 Å². The van der Waals surface area contributed by atoms with E-state index in [1.54, 1.807) is 4.90 Å².